The van der Waals surface area contributed by atoms with Gasteiger partial charge in [0.2, 0.25) is 35.7 Å². The fourth-order valence-corrected chi connectivity index (χ4v) is 2.31. The number of anilines is 6. The first-order valence-corrected chi connectivity index (χ1v) is 13.4. The van der Waals surface area contributed by atoms with Crippen LogP contribution in [0.5, 0.6) is 0 Å². The van der Waals surface area contributed by atoms with Gasteiger partial charge in [0.1, 0.15) is 0 Å². The van der Waals surface area contributed by atoms with Gasteiger partial charge in [0.25, 0.3) is 0 Å². The second-order valence-corrected chi connectivity index (χ2v) is 8.13. The topological polar surface area (TPSA) is 224 Å². The molecule has 2 aromatic rings. The molecule has 8 N–H and O–H groups in total. The number of nitrogens with one attached hydrogen (secondary N) is 6. The molecule has 0 saturated heterocycles. The van der Waals surface area contributed by atoms with Crippen LogP contribution in [0.15, 0.2) is 0 Å². The highest BCUT2D eigenvalue weighted by atomic mass is 32.3. The molecule has 0 aliphatic carbocycles. The third kappa shape index (κ3) is 19.6. The Morgan fingerprint density at radius 3 is 1.18 bits per heavy atom. The van der Waals surface area contributed by atoms with Crippen LogP contribution in [0.3, 0.4) is 0 Å². The first-order chi connectivity index (χ1) is 18.6. The summed E-state index contributed by atoms with van der Waals surface area (Å²) in [5.74, 6) is 8.02. The Balaban J connectivity index is 0.000000632. The van der Waals surface area contributed by atoms with Crippen LogP contribution in [0.4, 0.5) is 35.7 Å². The highest BCUT2D eigenvalue weighted by Crippen LogP contribution is 2.09. The van der Waals surface area contributed by atoms with Crippen LogP contribution in [-0.4, -0.2) is 87.7 Å². The lowest BCUT2D eigenvalue weighted by molar-refractivity contribution is 0.381. The van der Waals surface area contributed by atoms with Gasteiger partial charge in [-0.15, -0.1) is 12.8 Å². The van der Waals surface area contributed by atoms with Gasteiger partial charge in [-0.3, -0.25) is 9.11 Å². The van der Waals surface area contributed by atoms with Crippen LogP contribution in [0.1, 0.15) is 39.5 Å². The van der Waals surface area contributed by atoms with Crippen LogP contribution in [0.25, 0.3) is 0 Å². The lowest BCUT2D eigenvalue weighted by Gasteiger charge is -2.08. The predicted molar refractivity (Wildman–Crippen MR) is 154 cm³/mol. The normalized spacial score (nSPS) is 9.74. The quantitative estimate of drug-likeness (QED) is 0.0924. The van der Waals surface area contributed by atoms with Gasteiger partial charge in [0.05, 0.1) is 13.1 Å². The molecular weight excluding hydrogens is 528 g/mol. The summed E-state index contributed by atoms with van der Waals surface area (Å²) in [6.45, 7) is 6.74. The van der Waals surface area contributed by atoms with Gasteiger partial charge in [-0.2, -0.15) is 38.3 Å². The number of unbranched alkanes of at least 4 members (excludes halogenated alkanes) is 2. The number of hydrogen-bond acceptors (Lipinski definition) is 14. The SMILES string of the molecule is C#CCNc1nc(NC)nc(NCCCC)n1.C#CCNc1nc(NC)nc(NCCCC)n1.O=S(=O)(O)O. The van der Waals surface area contributed by atoms with Crippen LogP contribution >= 0.6 is 0 Å². The highest BCUT2D eigenvalue weighted by molar-refractivity contribution is 7.79. The van der Waals surface area contributed by atoms with Crippen LogP contribution in [-0.2, 0) is 10.4 Å². The molecule has 17 heteroatoms. The van der Waals surface area contributed by atoms with Gasteiger partial charge in [-0.1, -0.05) is 38.5 Å². The van der Waals surface area contributed by atoms with E-state index in [1.165, 1.54) is 0 Å². The van der Waals surface area contributed by atoms with E-state index in [9.17, 15) is 0 Å². The third-order valence-electron chi connectivity index (χ3n) is 4.04. The molecule has 0 fully saturated rings. The Kier molecular flexibility index (Phi) is 18.6. The monoisotopic (exact) mass is 566 g/mol. The number of aromatic nitrogens is 6. The number of nitrogens with zero attached hydrogens (tertiary/aromatic N) is 6. The number of rotatable bonds is 14. The Bertz CT molecular complexity index is 1070. The first-order valence-electron chi connectivity index (χ1n) is 12.0. The van der Waals surface area contributed by atoms with E-state index in [-0.39, 0.29) is 0 Å². The van der Waals surface area contributed by atoms with Gasteiger partial charge < -0.3 is 31.9 Å². The van der Waals surface area contributed by atoms with Crippen molar-refractivity contribution in [2.45, 2.75) is 39.5 Å². The third-order valence-corrected chi connectivity index (χ3v) is 4.04. The van der Waals surface area contributed by atoms with Crippen molar-refractivity contribution in [3.8, 4) is 24.7 Å². The van der Waals surface area contributed by atoms with E-state index in [1.807, 2.05) is 0 Å². The average molecular weight is 567 g/mol. The van der Waals surface area contributed by atoms with Gasteiger partial charge in [0.15, 0.2) is 0 Å². The van der Waals surface area contributed by atoms with E-state index in [0.717, 1.165) is 38.8 Å². The van der Waals surface area contributed by atoms with Gasteiger partial charge >= 0.3 is 10.4 Å². The zero-order valence-corrected chi connectivity index (χ0v) is 23.4. The first kappa shape index (κ1) is 34.8. The summed E-state index contributed by atoms with van der Waals surface area (Å²) in [4.78, 5) is 25.1. The molecule has 216 valence electrons. The summed E-state index contributed by atoms with van der Waals surface area (Å²) in [5, 5.41) is 17.9. The molecule has 2 heterocycles. The van der Waals surface area contributed by atoms with Crippen molar-refractivity contribution in [1.82, 2.24) is 29.9 Å². The maximum atomic E-state index is 8.74. The lowest BCUT2D eigenvalue weighted by atomic mass is 10.3. The average Bonchev–Trinajstić information content (AvgIpc) is 2.90. The van der Waals surface area contributed by atoms with Crippen molar-refractivity contribution in [3.63, 3.8) is 0 Å². The second-order valence-electron chi connectivity index (χ2n) is 7.24. The Morgan fingerprint density at radius 1 is 0.641 bits per heavy atom. The predicted octanol–water partition coefficient (Wildman–Crippen LogP) is 1.69. The minimum absolute atomic E-state index is 0.390. The molecule has 0 saturated carbocycles. The summed E-state index contributed by atoms with van der Waals surface area (Å²) in [6.07, 6.45) is 14.7. The molecule has 2 rings (SSSR count). The zero-order valence-electron chi connectivity index (χ0n) is 22.6. The molecule has 0 amide bonds. The summed E-state index contributed by atoms with van der Waals surface area (Å²) in [5.41, 5.74) is 0. The van der Waals surface area contributed by atoms with Crippen molar-refractivity contribution in [1.29, 1.82) is 0 Å². The molecule has 0 unspecified atom stereocenters. The van der Waals surface area contributed by atoms with Crippen molar-refractivity contribution in [2.24, 2.45) is 0 Å². The van der Waals surface area contributed by atoms with E-state index >= 15 is 0 Å². The summed E-state index contributed by atoms with van der Waals surface area (Å²) in [7, 11) is -1.15. The van der Waals surface area contributed by atoms with Gasteiger partial charge in [-0.25, -0.2) is 0 Å². The fraction of sp³-hybridized carbons (Fsp3) is 0.545. The largest absolute Gasteiger partial charge is 0.394 e. The van der Waals surface area contributed by atoms with Crippen molar-refractivity contribution >= 4 is 46.1 Å². The molecule has 0 spiro atoms. The minimum atomic E-state index is -4.67. The lowest BCUT2D eigenvalue weighted by Crippen LogP contribution is -2.12. The van der Waals surface area contributed by atoms with E-state index in [1.54, 1.807) is 14.1 Å². The van der Waals surface area contributed by atoms with Crippen molar-refractivity contribution in [2.75, 3.05) is 72.2 Å². The van der Waals surface area contributed by atoms with Gasteiger partial charge in [0, 0.05) is 27.2 Å². The molecular formula is C22H38N12O4S. The highest BCUT2D eigenvalue weighted by Gasteiger charge is 2.05. The molecule has 0 atom stereocenters. The maximum Gasteiger partial charge on any atom is 0.394 e. The molecule has 0 aromatic carbocycles. The molecule has 0 aliphatic heterocycles. The molecule has 16 nitrogen and oxygen atoms in total. The zero-order chi connectivity index (χ0) is 29.5. The van der Waals surface area contributed by atoms with E-state index < -0.39 is 10.4 Å². The summed E-state index contributed by atoms with van der Waals surface area (Å²) < 4.78 is 31.6. The summed E-state index contributed by atoms with van der Waals surface area (Å²) in [6, 6.07) is 0. The second kappa shape index (κ2) is 20.8. The van der Waals surface area contributed by atoms with Crippen molar-refractivity contribution in [3.05, 3.63) is 0 Å². The van der Waals surface area contributed by atoms with Gasteiger partial charge in [-0.05, 0) is 12.8 Å². The Labute approximate surface area is 230 Å². The Hall–Kier alpha value is -4.19. The molecule has 0 bridgehead atoms. The molecule has 0 radical (unpaired) electrons. The fourth-order valence-electron chi connectivity index (χ4n) is 2.31. The maximum absolute atomic E-state index is 8.74. The number of hydrogen-bond donors (Lipinski definition) is 8. The van der Waals surface area contributed by atoms with E-state index in [2.05, 4.69) is 87.5 Å². The molecule has 39 heavy (non-hydrogen) atoms. The minimum Gasteiger partial charge on any atom is -0.357 e. The standard InChI is InChI=1S/2C11H18N6.H2O4S/c2*1-4-6-8-14-11-16-9(12-3)15-10(17-11)13-7-5-2;1-5(2,3)4/h2*2H,4,6-8H2,1,3H3,(H3,12,13,14,15,16,17);(H2,1,2,3,4). The molecule has 2 aromatic heterocycles. The van der Waals surface area contributed by atoms with Crippen LogP contribution in [0, 0.1) is 24.7 Å². The Morgan fingerprint density at radius 2 is 0.923 bits per heavy atom. The van der Waals surface area contributed by atoms with E-state index in [4.69, 9.17) is 30.4 Å². The molecule has 0 aliphatic rings. The number of terminal acetylenes is 2. The van der Waals surface area contributed by atoms with Crippen LogP contribution < -0.4 is 31.9 Å². The van der Waals surface area contributed by atoms with Crippen molar-refractivity contribution < 1.29 is 17.5 Å². The van der Waals surface area contributed by atoms with Crippen LogP contribution in [0.2, 0.25) is 0 Å². The summed E-state index contributed by atoms with van der Waals surface area (Å²) >= 11 is 0. The smallest absolute Gasteiger partial charge is 0.357 e. The van der Waals surface area contributed by atoms with E-state index in [0.29, 0.717) is 48.8 Å².